The lowest BCUT2D eigenvalue weighted by Crippen LogP contribution is -2.54. The zero-order chi connectivity index (χ0) is 16.0. The molecule has 0 aromatic heterocycles. The van der Waals surface area contributed by atoms with Crippen LogP contribution in [0.4, 0.5) is 4.79 Å². The number of hydrogen-bond acceptors (Lipinski definition) is 5. The second kappa shape index (κ2) is 7.82. The van der Waals surface area contributed by atoms with Crippen LogP contribution < -0.4 is 5.32 Å². The third-order valence-electron chi connectivity index (χ3n) is 3.33. The van der Waals surface area contributed by atoms with Crippen LogP contribution in [-0.4, -0.2) is 66.9 Å². The van der Waals surface area contributed by atoms with E-state index < -0.39 is 30.1 Å². The fourth-order valence-electron chi connectivity index (χ4n) is 2.00. The summed E-state index contributed by atoms with van der Waals surface area (Å²) < 4.78 is 9.83. The summed E-state index contributed by atoms with van der Waals surface area (Å²) in [4.78, 5) is 35.8. The number of esters is 1. The zero-order valence-corrected chi connectivity index (χ0v) is 12.5. The van der Waals surface area contributed by atoms with Crippen molar-refractivity contribution in [2.75, 3.05) is 26.8 Å². The van der Waals surface area contributed by atoms with Gasteiger partial charge in [0.1, 0.15) is 0 Å². The van der Waals surface area contributed by atoms with Crippen molar-refractivity contribution in [1.82, 2.24) is 10.2 Å². The predicted molar refractivity (Wildman–Crippen MR) is 72.7 cm³/mol. The molecule has 1 fully saturated rings. The number of carboxylic acids is 1. The highest BCUT2D eigenvalue weighted by Gasteiger charge is 2.31. The first-order chi connectivity index (χ1) is 9.85. The van der Waals surface area contributed by atoms with E-state index in [4.69, 9.17) is 9.84 Å². The van der Waals surface area contributed by atoms with Crippen molar-refractivity contribution in [2.24, 2.45) is 5.92 Å². The van der Waals surface area contributed by atoms with Gasteiger partial charge in [-0.3, -0.25) is 4.79 Å². The van der Waals surface area contributed by atoms with E-state index in [1.54, 1.807) is 0 Å². The average Bonchev–Trinajstić information content (AvgIpc) is 2.45. The maximum absolute atomic E-state index is 12.2. The van der Waals surface area contributed by atoms with Crippen LogP contribution in [0, 0.1) is 5.92 Å². The number of aliphatic carboxylic acids is 1. The highest BCUT2D eigenvalue weighted by molar-refractivity contribution is 5.79. The summed E-state index contributed by atoms with van der Waals surface area (Å²) >= 11 is 0. The molecule has 0 bridgehead atoms. The van der Waals surface area contributed by atoms with Gasteiger partial charge in [0.2, 0.25) is 0 Å². The number of nitrogens with zero attached hydrogens (tertiary/aromatic N) is 1. The van der Waals surface area contributed by atoms with Crippen molar-refractivity contribution in [3.8, 4) is 0 Å². The lowest BCUT2D eigenvalue weighted by atomic mass is 10.0. The molecule has 0 saturated carbocycles. The molecule has 0 radical (unpaired) electrons. The highest BCUT2D eigenvalue weighted by Crippen LogP contribution is 2.10. The van der Waals surface area contributed by atoms with Crippen LogP contribution in [-0.2, 0) is 19.1 Å². The quantitative estimate of drug-likeness (QED) is 0.696. The second-order valence-corrected chi connectivity index (χ2v) is 5.23. The Morgan fingerprint density at radius 1 is 1.43 bits per heavy atom. The van der Waals surface area contributed by atoms with Gasteiger partial charge in [-0.2, -0.15) is 0 Å². The van der Waals surface area contributed by atoms with E-state index in [2.05, 4.69) is 10.1 Å². The van der Waals surface area contributed by atoms with Crippen molar-refractivity contribution in [3.63, 3.8) is 0 Å². The summed E-state index contributed by atoms with van der Waals surface area (Å²) in [5.41, 5.74) is 0. The number of carboxylic acid groups (broad SMARTS) is 1. The van der Waals surface area contributed by atoms with Crippen LogP contribution in [0.25, 0.3) is 0 Å². The second-order valence-electron chi connectivity index (χ2n) is 5.23. The summed E-state index contributed by atoms with van der Waals surface area (Å²) in [5, 5.41) is 11.6. The minimum atomic E-state index is -0.969. The van der Waals surface area contributed by atoms with E-state index in [1.807, 2.05) is 13.8 Å². The summed E-state index contributed by atoms with van der Waals surface area (Å²) in [6, 6.07) is -0.860. The van der Waals surface area contributed by atoms with Gasteiger partial charge in [-0.15, -0.1) is 0 Å². The van der Waals surface area contributed by atoms with Gasteiger partial charge in [-0.25, -0.2) is 9.59 Å². The Morgan fingerprint density at radius 2 is 2.10 bits per heavy atom. The van der Waals surface area contributed by atoms with Crippen LogP contribution >= 0.6 is 0 Å². The largest absolute Gasteiger partial charge is 0.481 e. The Kier molecular flexibility index (Phi) is 6.41. The summed E-state index contributed by atoms with van der Waals surface area (Å²) in [6.07, 6.45) is -0.944. The first kappa shape index (κ1) is 17.2. The first-order valence-corrected chi connectivity index (χ1v) is 6.81. The van der Waals surface area contributed by atoms with Crippen molar-refractivity contribution in [1.29, 1.82) is 0 Å². The van der Waals surface area contributed by atoms with E-state index in [0.29, 0.717) is 6.54 Å². The molecule has 2 N–H and O–H groups in total. The Hall–Kier alpha value is -1.83. The molecule has 1 heterocycles. The number of rotatable bonds is 5. The molecule has 2 atom stereocenters. The highest BCUT2D eigenvalue weighted by atomic mass is 16.6. The lowest BCUT2D eigenvalue weighted by Gasteiger charge is -2.33. The van der Waals surface area contributed by atoms with E-state index in [0.717, 1.165) is 0 Å². The van der Waals surface area contributed by atoms with Gasteiger partial charge in [-0.1, -0.05) is 13.8 Å². The Labute approximate surface area is 123 Å². The standard InChI is InChI=1S/C13H22N2O6/c1-8(2)9(6-11(16)17)14-13(19)15-4-5-21-10(7-15)12(18)20-3/h8-10H,4-7H2,1-3H3,(H,14,19)(H,16,17). The van der Waals surface area contributed by atoms with Gasteiger partial charge in [-0.05, 0) is 5.92 Å². The van der Waals surface area contributed by atoms with Gasteiger partial charge in [0.15, 0.2) is 6.10 Å². The molecule has 2 amide bonds. The number of methoxy groups -OCH3 is 1. The molecule has 1 aliphatic rings. The molecule has 2 unspecified atom stereocenters. The fraction of sp³-hybridized carbons (Fsp3) is 0.769. The monoisotopic (exact) mass is 302 g/mol. The van der Waals surface area contributed by atoms with Crippen molar-refractivity contribution >= 4 is 18.0 Å². The number of nitrogens with one attached hydrogen (secondary N) is 1. The third kappa shape index (κ3) is 5.22. The number of hydrogen-bond donors (Lipinski definition) is 2. The first-order valence-electron chi connectivity index (χ1n) is 6.81. The van der Waals surface area contributed by atoms with E-state index in [9.17, 15) is 14.4 Å². The maximum Gasteiger partial charge on any atom is 0.336 e. The van der Waals surface area contributed by atoms with Gasteiger partial charge in [0.25, 0.3) is 0 Å². The Bertz CT molecular complexity index is 398. The number of morpholine rings is 1. The number of ether oxygens (including phenoxy) is 2. The zero-order valence-electron chi connectivity index (χ0n) is 12.5. The molecule has 0 aliphatic carbocycles. The van der Waals surface area contributed by atoms with E-state index in [1.165, 1.54) is 12.0 Å². The van der Waals surface area contributed by atoms with Crippen LogP contribution in [0.5, 0.6) is 0 Å². The molecule has 21 heavy (non-hydrogen) atoms. The normalized spacial score (nSPS) is 20.0. The van der Waals surface area contributed by atoms with Crippen LogP contribution in [0.3, 0.4) is 0 Å². The van der Waals surface area contributed by atoms with Crippen molar-refractivity contribution < 1.29 is 29.0 Å². The lowest BCUT2D eigenvalue weighted by molar-refractivity contribution is -0.158. The molecular weight excluding hydrogens is 280 g/mol. The van der Waals surface area contributed by atoms with E-state index >= 15 is 0 Å². The summed E-state index contributed by atoms with van der Waals surface area (Å²) in [6.45, 7) is 4.35. The summed E-state index contributed by atoms with van der Waals surface area (Å²) in [7, 11) is 1.26. The van der Waals surface area contributed by atoms with Gasteiger partial charge >= 0.3 is 18.0 Å². The number of urea groups is 1. The SMILES string of the molecule is COC(=O)C1CN(C(=O)NC(CC(=O)O)C(C)C)CCO1. The van der Waals surface area contributed by atoms with Gasteiger partial charge in [0.05, 0.1) is 26.7 Å². The summed E-state index contributed by atoms with van der Waals surface area (Å²) in [5.74, 6) is -1.51. The Balaban J connectivity index is 2.60. The molecular formula is C13H22N2O6. The average molecular weight is 302 g/mol. The molecule has 1 aliphatic heterocycles. The molecule has 0 spiro atoms. The smallest absolute Gasteiger partial charge is 0.336 e. The van der Waals surface area contributed by atoms with Gasteiger partial charge < -0.3 is 24.8 Å². The molecule has 1 rings (SSSR count). The van der Waals surface area contributed by atoms with Crippen LogP contribution in [0.2, 0.25) is 0 Å². The number of carbonyl (C=O) groups is 3. The minimum absolute atomic E-state index is 0.0116. The molecule has 0 aromatic carbocycles. The molecule has 0 aromatic rings. The number of amides is 2. The van der Waals surface area contributed by atoms with Crippen molar-refractivity contribution in [2.45, 2.75) is 32.4 Å². The maximum atomic E-state index is 12.2. The fourth-order valence-corrected chi connectivity index (χ4v) is 2.00. The molecule has 1 saturated heterocycles. The topological polar surface area (TPSA) is 105 Å². The van der Waals surface area contributed by atoms with Gasteiger partial charge in [0, 0.05) is 12.6 Å². The predicted octanol–water partition coefficient (Wildman–Crippen LogP) is 0.0691. The van der Waals surface area contributed by atoms with Crippen LogP contribution in [0.1, 0.15) is 20.3 Å². The molecule has 120 valence electrons. The molecule has 8 heteroatoms. The van der Waals surface area contributed by atoms with Crippen molar-refractivity contribution in [3.05, 3.63) is 0 Å². The Morgan fingerprint density at radius 3 is 2.62 bits per heavy atom. The third-order valence-corrected chi connectivity index (χ3v) is 3.33. The van der Waals surface area contributed by atoms with Crippen LogP contribution in [0.15, 0.2) is 0 Å². The minimum Gasteiger partial charge on any atom is -0.481 e. The molecule has 8 nitrogen and oxygen atoms in total. The van der Waals surface area contributed by atoms with E-state index in [-0.39, 0.29) is 25.5 Å². The number of carbonyl (C=O) groups excluding carboxylic acids is 2.